The molecule has 0 saturated carbocycles. The minimum atomic E-state index is -0.361. The summed E-state index contributed by atoms with van der Waals surface area (Å²) in [6.07, 6.45) is 0.562. The molecule has 1 heterocycles. The first-order valence-corrected chi connectivity index (χ1v) is 8.65. The lowest BCUT2D eigenvalue weighted by Gasteiger charge is -2.18. The van der Waals surface area contributed by atoms with Crippen molar-refractivity contribution in [3.05, 3.63) is 35.9 Å². The first-order chi connectivity index (χ1) is 10.7. The highest BCUT2D eigenvalue weighted by Crippen LogP contribution is 2.12. The summed E-state index contributed by atoms with van der Waals surface area (Å²) < 4.78 is 5.12. The fourth-order valence-electron chi connectivity index (χ4n) is 2.31. The molecule has 1 fully saturated rings. The minimum absolute atomic E-state index is 0.0487. The number of nitrogens with one attached hydrogen (secondary N) is 2. The quantitative estimate of drug-likeness (QED) is 0.738. The number of hydrogen-bond acceptors (Lipinski definition) is 5. The summed E-state index contributed by atoms with van der Waals surface area (Å²) in [4.78, 5) is 24.1. The summed E-state index contributed by atoms with van der Waals surface area (Å²) in [5, 5.41) is 5.99. The highest BCUT2D eigenvalue weighted by atomic mass is 32.2. The Hall–Kier alpha value is -1.53. The molecule has 1 aromatic rings. The van der Waals surface area contributed by atoms with Crippen molar-refractivity contribution < 1.29 is 14.3 Å². The summed E-state index contributed by atoms with van der Waals surface area (Å²) in [7, 11) is 0. The second kappa shape index (κ2) is 8.80. The molecule has 0 aliphatic carbocycles. The molecule has 1 aliphatic heterocycles. The topological polar surface area (TPSA) is 67.4 Å². The molecule has 1 aliphatic rings. The van der Waals surface area contributed by atoms with E-state index < -0.39 is 0 Å². The van der Waals surface area contributed by atoms with E-state index in [4.69, 9.17) is 4.74 Å². The monoisotopic (exact) mass is 322 g/mol. The molecule has 1 amide bonds. The molecule has 0 radical (unpaired) electrons. The number of amides is 1. The van der Waals surface area contributed by atoms with Crippen LogP contribution in [0.3, 0.4) is 0 Å². The van der Waals surface area contributed by atoms with Crippen LogP contribution in [-0.4, -0.2) is 42.7 Å². The van der Waals surface area contributed by atoms with E-state index in [0.717, 1.165) is 17.2 Å². The third-order valence-electron chi connectivity index (χ3n) is 3.50. The third-order valence-corrected chi connectivity index (χ3v) is 4.44. The molecule has 2 N–H and O–H groups in total. The van der Waals surface area contributed by atoms with Gasteiger partial charge >= 0.3 is 5.97 Å². The maximum Gasteiger partial charge on any atom is 0.311 e. The number of carbonyl (C=O) groups excluding carboxylic acids is 2. The summed E-state index contributed by atoms with van der Waals surface area (Å²) in [6, 6.07) is 9.61. The Kier molecular flexibility index (Phi) is 6.74. The number of ether oxygens (including phenoxy) is 1. The van der Waals surface area contributed by atoms with E-state index in [1.165, 1.54) is 0 Å². The number of carbonyl (C=O) groups is 2. The Morgan fingerprint density at radius 3 is 2.82 bits per heavy atom. The normalized spacial score (nSPS) is 18.7. The van der Waals surface area contributed by atoms with E-state index in [-0.39, 0.29) is 23.8 Å². The van der Waals surface area contributed by atoms with Gasteiger partial charge in [-0.15, -0.1) is 11.8 Å². The highest BCUT2D eigenvalue weighted by Gasteiger charge is 2.25. The Bertz CT molecular complexity index is 489. The molecule has 0 spiro atoms. The summed E-state index contributed by atoms with van der Waals surface area (Å²) >= 11 is 1.70. The van der Waals surface area contributed by atoms with E-state index in [2.05, 4.69) is 10.6 Å². The zero-order valence-electron chi connectivity index (χ0n) is 12.7. The van der Waals surface area contributed by atoms with E-state index in [1.54, 1.807) is 18.7 Å². The van der Waals surface area contributed by atoms with Gasteiger partial charge in [0.15, 0.2) is 0 Å². The number of esters is 1. The van der Waals surface area contributed by atoms with E-state index in [0.29, 0.717) is 19.6 Å². The van der Waals surface area contributed by atoms with Crippen molar-refractivity contribution in [2.75, 3.05) is 24.8 Å². The Balaban J connectivity index is 1.92. The van der Waals surface area contributed by atoms with Crippen LogP contribution in [-0.2, 0) is 20.7 Å². The van der Waals surface area contributed by atoms with Gasteiger partial charge in [-0.3, -0.25) is 14.9 Å². The zero-order chi connectivity index (χ0) is 15.8. The Morgan fingerprint density at radius 2 is 2.18 bits per heavy atom. The number of hydrogen-bond donors (Lipinski definition) is 2. The SMILES string of the molecule is CCOC(=O)C(CNC(=O)C1CSCN1)Cc1ccccc1. The maximum absolute atomic E-state index is 12.1. The van der Waals surface area contributed by atoms with Crippen molar-refractivity contribution in [2.24, 2.45) is 5.92 Å². The first kappa shape index (κ1) is 16.8. The summed E-state index contributed by atoms with van der Waals surface area (Å²) in [5.74, 6) is 0.894. The lowest BCUT2D eigenvalue weighted by Crippen LogP contribution is -2.45. The van der Waals surface area contributed by atoms with Gasteiger partial charge in [-0.25, -0.2) is 0 Å². The molecule has 2 unspecified atom stereocenters. The zero-order valence-corrected chi connectivity index (χ0v) is 13.5. The standard InChI is InChI=1S/C16H22N2O3S/c1-2-21-16(20)13(8-12-6-4-3-5-7-12)9-17-15(19)14-10-22-11-18-14/h3-7,13-14,18H,2,8-11H2,1H3,(H,17,19). The Morgan fingerprint density at radius 1 is 1.41 bits per heavy atom. The average Bonchev–Trinajstić information content (AvgIpc) is 3.06. The van der Waals surface area contributed by atoms with Crippen LogP contribution >= 0.6 is 11.8 Å². The van der Waals surface area contributed by atoms with Crippen LogP contribution in [0.25, 0.3) is 0 Å². The van der Waals surface area contributed by atoms with Crippen molar-refractivity contribution >= 4 is 23.6 Å². The third kappa shape index (κ3) is 5.03. The molecule has 2 atom stereocenters. The van der Waals surface area contributed by atoms with E-state index in [9.17, 15) is 9.59 Å². The number of rotatable bonds is 7. The first-order valence-electron chi connectivity index (χ1n) is 7.50. The van der Waals surface area contributed by atoms with Crippen molar-refractivity contribution in [3.63, 3.8) is 0 Å². The van der Waals surface area contributed by atoms with Gasteiger partial charge in [0, 0.05) is 18.2 Å². The van der Waals surface area contributed by atoms with Gasteiger partial charge in [-0.1, -0.05) is 30.3 Å². The van der Waals surface area contributed by atoms with Gasteiger partial charge in [-0.05, 0) is 18.9 Å². The molecule has 22 heavy (non-hydrogen) atoms. The second-order valence-corrected chi connectivity index (χ2v) is 6.19. The molecule has 120 valence electrons. The molecule has 0 aromatic heterocycles. The largest absolute Gasteiger partial charge is 0.466 e. The maximum atomic E-state index is 12.1. The highest BCUT2D eigenvalue weighted by molar-refractivity contribution is 7.99. The molecule has 1 aromatic carbocycles. The van der Waals surface area contributed by atoms with Crippen LogP contribution in [0.1, 0.15) is 12.5 Å². The van der Waals surface area contributed by atoms with Gasteiger partial charge in [0.05, 0.1) is 18.6 Å². The van der Waals surface area contributed by atoms with Gasteiger partial charge in [-0.2, -0.15) is 0 Å². The van der Waals surface area contributed by atoms with Crippen molar-refractivity contribution in [3.8, 4) is 0 Å². The van der Waals surface area contributed by atoms with Crippen LogP contribution < -0.4 is 10.6 Å². The van der Waals surface area contributed by atoms with Crippen LogP contribution in [0, 0.1) is 5.92 Å². The van der Waals surface area contributed by atoms with Gasteiger partial charge in [0.2, 0.25) is 5.91 Å². The fraction of sp³-hybridized carbons (Fsp3) is 0.500. The number of benzene rings is 1. The smallest absolute Gasteiger partial charge is 0.311 e. The van der Waals surface area contributed by atoms with Gasteiger partial charge in [0.25, 0.3) is 0 Å². The van der Waals surface area contributed by atoms with Crippen LogP contribution in [0.2, 0.25) is 0 Å². The molecule has 5 nitrogen and oxygen atoms in total. The predicted molar refractivity (Wildman–Crippen MR) is 87.5 cm³/mol. The lowest BCUT2D eigenvalue weighted by atomic mass is 9.99. The molecule has 2 rings (SSSR count). The lowest BCUT2D eigenvalue weighted by molar-refractivity contribution is -0.147. The predicted octanol–water partition coefficient (Wildman–Crippen LogP) is 1.19. The van der Waals surface area contributed by atoms with Crippen molar-refractivity contribution in [1.29, 1.82) is 0 Å². The number of thioether (sulfide) groups is 1. The molecule has 0 bridgehead atoms. The molecule has 6 heteroatoms. The van der Waals surface area contributed by atoms with Crippen LogP contribution in [0.5, 0.6) is 0 Å². The van der Waals surface area contributed by atoms with Crippen LogP contribution in [0.15, 0.2) is 30.3 Å². The van der Waals surface area contributed by atoms with Crippen LogP contribution in [0.4, 0.5) is 0 Å². The van der Waals surface area contributed by atoms with Gasteiger partial charge < -0.3 is 10.1 Å². The van der Waals surface area contributed by atoms with E-state index in [1.807, 2.05) is 30.3 Å². The second-order valence-electron chi connectivity index (χ2n) is 5.16. The molecular weight excluding hydrogens is 300 g/mol. The Labute approximate surface area is 135 Å². The van der Waals surface area contributed by atoms with Crippen molar-refractivity contribution in [1.82, 2.24) is 10.6 Å². The minimum Gasteiger partial charge on any atom is -0.466 e. The van der Waals surface area contributed by atoms with Crippen molar-refractivity contribution in [2.45, 2.75) is 19.4 Å². The molecule has 1 saturated heterocycles. The fourth-order valence-corrected chi connectivity index (χ4v) is 3.25. The summed E-state index contributed by atoms with van der Waals surface area (Å²) in [6.45, 7) is 2.43. The summed E-state index contributed by atoms with van der Waals surface area (Å²) in [5.41, 5.74) is 1.06. The molecular formula is C16H22N2O3S. The van der Waals surface area contributed by atoms with Gasteiger partial charge in [0.1, 0.15) is 0 Å². The average molecular weight is 322 g/mol. The van der Waals surface area contributed by atoms with E-state index >= 15 is 0 Å².